The molecule has 1 fully saturated rings. The van der Waals surface area contributed by atoms with E-state index >= 15 is 0 Å². The molecule has 1 saturated heterocycles. The predicted molar refractivity (Wildman–Crippen MR) is 113 cm³/mol. The maximum Gasteiger partial charge on any atom is 0.211 e. The molecule has 154 valence electrons. The molecule has 1 aromatic carbocycles. The molecule has 0 amide bonds. The fourth-order valence-electron chi connectivity index (χ4n) is 3.65. The number of nitrogens with zero attached hydrogens (tertiary/aromatic N) is 3. The number of aromatic nitrogens is 2. The summed E-state index contributed by atoms with van der Waals surface area (Å²) in [5.41, 5.74) is 3.17. The first kappa shape index (κ1) is 21.3. The Hall–Kier alpha value is -1.41. The molecule has 2 aromatic rings. The Bertz CT molecular complexity index is 875. The normalized spacial score (nSPS) is 16.5. The Balaban J connectivity index is 1.58. The molecule has 1 N–H and O–H groups in total. The topological polar surface area (TPSA) is 67.2 Å². The molecular formula is C20H29ClN4O2S. The number of hydrogen-bond donors (Lipinski definition) is 1. The molecule has 0 bridgehead atoms. The van der Waals surface area contributed by atoms with E-state index in [1.165, 1.54) is 5.56 Å². The van der Waals surface area contributed by atoms with Crippen LogP contribution in [0.5, 0.6) is 0 Å². The summed E-state index contributed by atoms with van der Waals surface area (Å²) in [6.45, 7) is 6.97. The van der Waals surface area contributed by atoms with Crippen molar-refractivity contribution < 1.29 is 8.42 Å². The minimum Gasteiger partial charge on any atom is -0.299 e. The second-order valence-corrected chi connectivity index (χ2v) is 9.72. The number of halogens is 1. The Kier molecular flexibility index (Phi) is 7.15. The molecule has 1 aliphatic heterocycles. The second-order valence-electron chi connectivity index (χ2n) is 7.49. The molecule has 1 aromatic heterocycles. The zero-order valence-corrected chi connectivity index (χ0v) is 18.1. The lowest BCUT2D eigenvalue weighted by Crippen LogP contribution is -2.44. The largest absolute Gasteiger partial charge is 0.299 e. The summed E-state index contributed by atoms with van der Waals surface area (Å²) in [6, 6.07) is 10.2. The summed E-state index contributed by atoms with van der Waals surface area (Å²) < 4.78 is 28.6. The van der Waals surface area contributed by atoms with Crippen molar-refractivity contribution in [3.8, 4) is 0 Å². The molecule has 6 nitrogen and oxygen atoms in total. The van der Waals surface area contributed by atoms with Gasteiger partial charge >= 0.3 is 0 Å². The van der Waals surface area contributed by atoms with Crippen LogP contribution in [0.15, 0.2) is 30.3 Å². The highest BCUT2D eigenvalue weighted by Gasteiger charge is 2.25. The molecule has 28 heavy (non-hydrogen) atoms. The smallest absolute Gasteiger partial charge is 0.211 e. The SMILES string of the molecule is CCCS(=O)(=O)NC1CCN(Cc2c(C)nn(Cc3ccccc3)c2Cl)CC1. The van der Waals surface area contributed by atoms with Crippen LogP contribution in [0.25, 0.3) is 0 Å². The lowest BCUT2D eigenvalue weighted by molar-refractivity contribution is 0.199. The standard InChI is InChI=1S/C20H29ClN4O2S/c1-3-13-28(26,27)23-18-9-11-24(12-10-18)15-19-16(2)22-25(20(19)21)14-17-7-5-4-6-8-17/h4-8,18,23H,3,9-15H2,1-2H3. The summed E-state index contributed by atoms with van der Waals surface area (Å²) in [6.07, 6.45) is 2.27. The first-order chi connectivity index (χ1) is 13.4. The van der Waals surface area contributed by atoms with Gasteiger partial charge in [-0.25, -0.2) is 17.8 Å². The number of aryl methyl sites for hydroxylation is 1. The van der Waals surface area contributed by atoms with Gasteiger partial charge in [0.15, 0.2) is 0 Å². The van der Waals surface area contributed by atoms with E-state index in [0.717, 1.165) is 43.7 Å². The van der Waals surface area contributed by atoms with Gasteiger partial charge in [0, 0.05) is 31.2 Å². The third-order valence-corrected chi connectivity index (χ3v) is 7.21. The van der Waals surface area contributed by atoms with Crippen LogP contribution in [0.2, 0.25) is 5.15 Å². The average Bonchev–Trinajstić information content (AvgIpc) is 2.91. The van der Waals surface area contributed by atoms with Crippen LogP contribution >= 0.6 is 11.6 Å². The summed E-state index contributed by atoms with van der Waals surface area (Å²) in [5.74, 6) is 0.197. The number of rotatable bonds is 8. The predicted octanol–water partition coefficient (Wildman–Crippen LogP) is 3.19. The van der Waals surface area contributed by atoms with Gasteiger partial charge in [-0.1, -0.05) is 48.9 Å². The van der Waals surface area contributed by atoms with Crippen molar-refractivity contribution in [2.24, 2.45) is 0 Å². The quantitative estimate of drug-likeness (QED) is 0.706. The van der Waals surface area contributed by atoms with E-state index in [0.29, 0.717) is 18.1 Å². The van der Waals surface area contributed by atoms with Crippen molar-refractivity contribution in [3.63, 3.8) is 0 Å². The molecule has 0 radical (unpaired) electrons. The average molecular weight is 425 g/mol. The van der Waals surface area contributed by atoms with E-state index in [1.807, 2.05) is 36.7 Å². The summed E-state index contributed by atoms with van der Waals surface area (Å²) in [7, 11) is -3.15. The van der Waals surface area contributed by atoms with E-state index in [2.05, 4.69) is 26.9 Å². The first-order valence-corrected chi connectivity index (χ1v) is 11.9. The number of likely N-dealkylation sites (tertiary alicyclic amines) is 1. The van der Waals surface area contributed by atoms with Crippen LogP contribution in [0.1, 0.15) is 43.0 Å². The minimum absolute atomic E-state index is 0.0326. The van der Waals surface area contributed by atoms with Crippen LogP contribution in [-0.2, 0) is 23.1 Å². The maximum absolute atomic E-state index is 12.0. The summed E-state index contributed by atoms with van der Waals surface area (Å²) in [4.78, 5) is 2.33. The number of hydrogen-bond acceptors (Lipinski definition) is 4. The third-order valence-electron chi connectivity index (χ3n) is 5.15. The van der Waals surface area contributed by atoms with Crippen molar-refractivity contribution in [1.29, 1.82) is 0 Å². The van der Waals surface area contributed by atoms with E-state index in [4.69, 9.17) is 11.6 Å². The molecule has 0 spiro atoms. The maximum atomic E-state index is 12.0. The van der Waals surface area contributed by atoms with Crippen molar-refractivity contribution in [3.05, 3.63) is 52.3 Å². The number of piperidine rings is 1. The molecule has 0 unspecified atom stereocenters. The number of benzene rings is 1. The minimum atomic E-state index is -3.15. The van der Waals surface area contributed by atoms with Crippen LogP contribution < -0.4 is 4.72 Å². The van der Waals surface area contributed by atoms with Crippen LogP contribution in [0.4, 0.5) is 0 Å². The molecule has 0 saturated carbocycles. The summed E-state index contributed by atoms with van der Waals surface area (Å²) >= 11 is 6.63. The Labute approximate surface area is 172 Å². The highest BCUT2D eigenvalue weighted by atomic mass is 35.5. The zero-order chi connectivity index (χ0) is 20.1. The lowest BCUT2D eigenvalue weighted by Gasteiger charge is -2.32. The van der Waals surface area contributed by atoms with Crippen molar-refractivity contribution >= 4 is 21.6 Å². The van der Waals surface area contributed by atoms with Crippen LogP contribution in [0.3, 0.4) is 0 Å². The molecule has 0 aliphatic carbocycles. The van der Waals surface area contributed by atoms with Crippen molar-refractivity contribution in [2.45, 2.75) is 52.2 Å². The van der Waals surface area contributed by atoms with E-state index in [9.17, 15) is 8.42 Å². The zero-order valence-electron chi connectivity index (χ0n) is 16.6. The van der Waals surface area contributed by atoms with Gasteiger partial charge < -0.3 is 0 Å². The number of nitrogens with one attached hydrogen (secondary N) is 1. The molecule has 0 atom stereocenters. The van der Waals surface area contributed by atoms with Gasteiger partial charge in [0.25, 0.3) is 0 Å². The Morgan fingerprint density at radius 1 is 1.18 bits per heavy atom. The number of sulfonamides is 1. The molecule has 8 heteroatoms. The van der Waals surface area contributed by atoms with E-state index < -0.39 is 10.0 Å². The van der Waals surface area contributed by atoms with E-state index in [1.54, 1.807) is 0 Å². The summed E-state index contributed by atoms with van der Waals surface area (Å²) in [5, 5.41) is 5.31. The highest BCUT2D eigenvalue weighted by molar-refractivity contribution is 7.89. The van der Waals surface area contributed by atoms with Gasteiger partial charge in [0.05, 0.1) is 18.0 Å². The van der Waals surface area contributed by atoms with E-state index in [-0.39, 0.29) is 11.8 Å². The second kappa shape index (κ2) is 9.39. The molecule has 2 heterocycles. The van der Waals surface area contributed by atoms with Gasteiger partial charge in [-0.3, -0.25) is 4.90 Å². The van der Waals surface area contributed by atoms with Crippen molar-refractivity contribution in [2.75, 3.05) is 18.8 Å². The first-order valence-electron chi connectivity index (χ1n) is 9.86. The fourth-order valence-corrected chi connectivity index (χ4v) is 5.34. The van der Waals surface area contributed by atoms with Crippen molar-refractivity contribution in [1.82, 2.24) is 19.4 Å². The molecule has 3 rings (SSSR count). The van der Waals surface area contributed by atoms with Crippen LogP contribution in [0, 0.1) is 6.92 Å². The Morgan fingerprint density at radius 3 is 2.50 bits per heavy atom. The van der Waals surface area contributed by atoms with Gasteiger partial charge in [-0.2, -0.15) is 5.10 Å². The lowest BCUT2D eigenvalue weighted by atomic mass is 10.1. The fraction of sp³-hybridized carbons (Fsp3) is 0.550. The monoisotopic (exact) mass is 424 g/mol. The Morgan fingerprint density at radius 2 is 1.86 bits per heavy atom. The van der Waals surface area contributed by atoms with Gasteiger partial charge in [-0.05, 0) is 31.7 Å². The third kappa shape index (κ3) is 5.56. The highest BCUT2D eigenvalue weighted by Crippen LogP contribution is 2.24. The molecular weight excluding hydrogens is 396 g/mol. The van der Waals surface area contributed by atoms with Gasteiger partial charge in [0.1, 0.15) is 5.15 Å². The van der Waals surface area contributed by atoms with Gasteiger partial charge in [0.2, 0.25) is 10.0 Å². The molecule has 1 aliphatic rings. The van der Waals surface area contributed by atoms with Crippen LogP contribution in [-0.4, -0.2) is 48.0 Å². The van der Waals surface area contributed by atoms with Gasteiger partial charge in [-0.15, -0.1) is 0 Å².